The van der Waals surface area contributed by atoms with Gasteiger partial charge in [-0.05, 0) is 37.6 Å². The number of thioether (sulfide) groups is 1. The van der Waals surface area contributed by atoms with Crippen molar-refractivity contribution in [2.45, 2.75) is 18.2 Å². The average molecular weight is 404 g/mol. The van der Waals surface area contributed by atoms with E-state index < -0.39 is 18.4 Å². The molecular formula is C19H18F2N4O2S. The van der Waals surface area contributed by atoms with Crippen LogP contribution in [0, 0.1) is 6.92 Å². The summed E-state index contributed by atoms with van der Waals surface area (Å²) in [6.45, 7) is 1.71. The molecule has 0 saturated heterocycles. The van der Waals surface area contributed by atoms with Gasteiger partial charge in [-0.3, -0.25) is 9.18 Å². The van der Waals surface area contributed by atoms with Gasteiger partial charge in [-0.25, -0.2) is 23.3 Å². The molecule has 146 valence electrons. The molecule has 0 fully saturated rings. The molecular weight excluding hydrogens is 386 g/mol. The zero-order chi connectivity index (χ0) is 19.8. The second-order valence-corrected chi connectivity index (χ2v) is 7.50. The Morgan fingerprint density at radius 2 is 2.00 bits per heavy atom. The van der Waals surface area contributed by atoms with E-state index in [-0.39, 0.29) is 12.5 Å². The van der Waals surface area contributed by atoms with Crippen LogP contribution in [0.1, 0.15) is 16.9 Å². The van der Waals surface area contributed by atoms with E-state index in [1.54, 1.807) is 36.1 Å². The van der Waals surface area contributed by atoms with Crippen molar-refractivity contribution < 1.29 is 13.6 Å². The molecule has 3 aromatic rings. The van der Waals surface area contributed by atoms with E-state index >= 15 is 0 Å². The van der Waals surface area contributed by atoms with E-state index in [9.17, 15) is 18.4 Å². The van der Waals surface area contributed by atoms with Crippen molar-refractivity contribution >= 4 is 34.5 Å². The Morgan fingerprint density at radius 1 is 1.18 bits per heavy atom. The standard InChI is InChI=1S/C19H18F2N4O2S/c1-12-8-15-17-18(22-12)24(13-4-2-5-14(9-13)28-11-21)19(27)25(17)16(26)10-23(15)7-3-6-20/h2,4-5,8-9H,3,6-7,10-11H2,1H3. The number of pyridine rings is 1. The molecule has 1 aromatic carbocycles. The highest BCUT2D eigenvalue weighted by atomic mass is 32.2. The molecule has 0 radical (unpaired) electrons. The van der Waals surface area contributed by atoms with Gasteiger partial charge in [-0.1, -0.05) is 17.8 Å². The van der Waals surface area contributed by atoms with Crippen LogP contribution in [0.3, 0.4) is 0 Å². The molecule has 4 rings (SSSR count). The predicted molar refractivity (Wildman–Crippen MR) is 105 cm³/mol. The van der Waals surface area contributed by atoms with Gasteiger partial charge in [0.1, 0.15) is 11.5 Å². The highest BCUT2D eigenvalue weighted by molar-refractivity contribution is 7.99. The van der Waals surface area contributed by atoms with Gasteiger partial charge in [0.05, 0.1) is 24.6 Å². The maximum absolute atomic E-state index is 13.1. The number of nitrogens with zero attached hydrogens (tertiary/aromatic N) is 4. The van der Waals surface area contributed by atoms with Crippen molar-refractivity contribution in [2.24, 2.45) is 0 Å². The zero-order valence-corrected chi connectivity index (χ0v) is 16.0. The number of aryl methyl sites for hydroxylation is 1. The minimum absolute atomic E-state index is 0.00716. The molecule has 1 aliphatic rings. The van der Waals surface area contributed by atoms with Crippen LogP contribution in [0.25, 0.3) is 16.9 Å². The monoisotopic (exact) mass is 404 g/mol. The van der Waals surface area contributed by atoms with Gasteiger partial charge in [0.15, 0.2) is 5.65 Å². The third-order valence-corrected chi connectivity index (χ3v) is 5.37. The maximum atomic E-state index is 13.1. The second kappa shape index (κ2) is 7.38. The fraction of sp³-hybridized carbons (Fsp3) is 0.316. The fourth-order valence-electron chi connectivity index (χ4n) is 3.54. The van der Waals surface area contributed by atoms with Crippen LogP contribution < -0.4 is 10.6 Å². The molecule has 3 heterocycles. The summed E-state index contributed by atoms with van der Waals surface area (Å²) in [5, 5.41) is 0. The van der Waals surface area contributed by atoms with Crippen molar-refractivity contribution in [2.75, 3.05) is 30.7 Å². The third kappa shape index (κ3) is 2.99. The highest BCUT2D eigenvalue weighted by Gasteiger charge is 2.31. The molecule has 0 amide bonds. The SMILES string of the molecule is Cc1cc2c3c(n1)n(-c1cccc(SCF)c1)c(=O)n3C(=O)CN2CCCF. The zero-order valence-electron chi connectivity index (χ0n) is 15.2. The minimum atomic E-state index is -0.580. The van der Waals surface area contributed by atoms with E-state index in [0.29, 0.717) is 46.1 Å². The van der Waals surface area contributed by atoms with Crippen LogP contribution in [-0.2, 0) is 0 Å². The smallest absolute Gasteiger partial charge is 0.341 e. The van der Waals surface area contributed by atoms with Gasteiger partial charge >= 0.3 is 5.69 Å². The molecule has 0 bridgehead atoms. The Balaban J connectivity index is 1.99. The second-order valence-electron chi connectivity index (χ2n) is 6.52. The number of rotatable bonds is 6. The summed E-state index contributed by atoms with van der Waals surface area (Å²) < 4.78 is 27.9. The molecule has 0 unspecified atom stereocenters. The van der Waals surface area contributed by atoms with E-state index in [0.717, 1.165) is 16.3 Å². The highest BCUT2D eigenvalue weighted by Crippen LogP contribution is 2.31. The Bertz CT molecular complexity index is 1130. The topological polar surface area (TPSA) is 60.1 Å². The van der Waals surface area contributed by atoms with Gasteiger partial charge in [0, 0.05) is 17.1 Å². The van der Waals surface area contributed by atoms with Gasteiger partial charge < -0.3 is 4.90 Å². The lowest BCUT2D eigenvalue weighted by molar-refractivity contribution is 0.0917. The lowest BCUT2D eigenvalue weighted by Crippen LogP contribution is -2.41. The number of alkyl halides is 2. The van der Waals surface area contributed by atoms with E-state index in [4.69, 9.17) is 0 Å². The first-order valence-electron chi connectivity index (χ1n) is 8.83. The maximum Gasteiger partial charge on any atom is 0.341 e. The van der Waals surface area contributed by atoms with E-state index in [2.05, 4.69) is 4.98 Å². The van der Waals surface area contributed by atoms with E-state index in [1.807, 2.05) is 6.07 Å². The first-order chi connectivity index (χ1) is 13.5. The number of hydrogen-bond acceptors (Lipinski definition) is 5. The first kappa shape index (κ1) is 18.7. The Labute approximate surface area is 163 Å². The summed E-state index contributed by atoms with van der Waals surface area (Å²) in [6.07, 6.45) is 0.295. The number of aromatic nitrogens is 3. The Kier molecular flexibility index (Phi) is 4.92. The summed E-state index contributed by atoms with van der Waals surface area (Å²) in [7, 11) is 0. The molecule has 0 aliphatic carbocycles. The lowest BCUT2D eigenvalue weighted by atomic mass is 10.2. The van der Waals surface area contributed by atoms with Crippen molar-refractivity contribution in [3.8, 4) is 5.69 Å². The normalized spacial score (nSPS) is 13.5. The van der Waals surface area contributed by atoms with Crippen LogP contribution in [0.4, 0.5) is 14.5 Å². The fourth-order valence-corrected chi connectivity index (χ4v) is 4.04. The summed E-state index contributed by atoms with van der Waals surface area (Å²) in [4.78, 5) is 32.8. The molecule has 2 aromatic heterocycles. The molecule has 0 atom stereocenters. The van der Waals surface area contributed by atoms with Crippen LogP contribution >= 0.6 is 11.8 Å². The van der Waals surface area contributed by atoms with Gasteiger partial charge in [0.25, 0.3) is 5.91 Å². The first-order valence-corrected chi connectivity index (χ1v) is 9.82. The largest absolute Gasteiger partial charge is 0.360 e. The molecule has 0 saturated carbocycles. The average Bonchev–Trinajstić information content (AvgIpc) is 2.96. The predicted octanol–water partition coefficient (Wildman–Crippen LogP) is 3.33. The summed E-state index contributed by atoms with van der Waals surface area (Å²) in [6, 6.07) is 8.13. The minimum Gasteiger partial charge on any atom is -0.360 e. The van der Waals surface area contributed by atoms with Crippen LogP contribution in [0.2, 0.25) is 0 Å². The third-order valence-electron chi connectivity index (χ3n) is 4.68. The number of halogens is 2. The molecule has 9 heteroatoms. The number of carbonyl (C=O) groups excluding carboxylic acids is 1. The van der Waals surface area contributed by atoms with E-state index in [1.165, 1.54) is 4.57 Å². The van der Waals surface area contributed by atoms with Gasteiger partial charge in [-0.15, -0.1) is 0 Å². The molecule has 28 heavy (non-hydrogen) atoms. The Morgan fingerprint density at radius 3 is 2.75 bits per heavy atom. The van der Waals surface area contributed by atoms with Gasteiger partial charge in [0.2, 0.25) is 0 Å². The number of anilines is 1. The van der Waals surface area contributed by atoms with Crippen molar-refractivity contribution in [3.63, 3.8) is 0 Å². The number of imidazole rings is 1. The molecule has 0 spiro atoms. The lowest BCUT2D eigenvalue weighted by Gasteiger charge is -2.28. The van der Waals surface area contributed by atoms with Crippen molar-refractivity contribution in [1.29, 1.82) is 0 Å². The summed E-state index contributed by atoms with van der Waals surface area (Å²) >= 11 is 1.02. The van der Waals surface area contributed by atoms with Crippen LogP contribution in [0.15, 0.2) is 40.0 Å². The molecule has 6 nitrogen and oxygen atoms in total. The number of carbonyl (C=O) groups is 1. The number of benzene rings is 1. The molecule has 0 N–H and O–H groups in total. The van der Waals surface area contributed by atoms with Crippen molar-refractivity contribution in [1.82, 2.24) is 14.1 Å². The molecule has 1 aliphatic heterocycles. The van der Waals surface area contributed by atoms with Crippen LogP contribution in [0.5, 0.6) is 0 Å². The van der Waals surface area contributed by atoms with Crippen LogP contribution in [-0.4, -0.2) is 45.8 Å². The summed E-state index contributed by atoms with van der Waals surface area (Å²) in [5.41, 5.74) is 2.17. The Hall–Kier alpha value is -2.68. The van der Waals surface area contributed by atoms with Crippen molar-refractivity contribution in [3.05, 3.63) is 46.5 Å². The summed E-state index contributed by atoms with van der Waals surface area (Å²) in [5.74, 6) is -0.375. The number of hydrogen-bond donors (Lipinski definition) is 0. The quantitative estimate of drug-likeness (QED) is 0.590. The van der Waals surface area contributed by atoms with Gasteiger partial charge in [-0.2, -0.15) is 0 Å².